The van der Waals surface area contributed by atoms with E-state index in [0.717, 1.165) is 0 Å². The summed E-state index contributed by atoms with van der Waals surface area (Å²) in [5.74, 6) is 0.527. The van der Waals surface area contributed by atoms with Crippen molar-refractivity contribution >= 4 is 34.8 Å². The number of hydrogen-bond acceptors (Lipinski definition) is 5. The van der Waals surface area contributed by atoms with Crippen LogP contribution < -0.4 is 20.1 Å². The van der Waals surface area contributed by atoms with Crippen molar-refractivity contribution < 1.29 is 19.1 Å². The van der Waals surface area contributed by atoms with Crippen LogP contribution in [0.5, 0.6) is 11.5 Å². The maximum Gasteiger partial charge on any atom is 0.241 e. The zero-order valence-electron chi connectivity index (χ0n) is 16.3. The van der Waals surface area contributed by atoms with Crippen LogP contribution in [0.3, 0.4) is 0 Å². The highest BCUT2D eigenvalue weighted by molar-refractivity contribution is 6.31. The third kappa shape index (κ3) is 5.61. The van der Waals surface area contributed by atoms with Gasteiger partial charge in [0, 0.05) is 5.02 Å². The Labute approximate surface area is 169 Å². The molecule has 0 spiro atoms. The van der Waals surface area contributed by atoms with Crippen LogP contribution in [0.25, 0.3) is 0 Å². The molecule has 7 nitrogen and oxygen atoms in total. The molecule has 0 aliphatic rings. The summed E-state index contributed by atoms with van der Waals surface area (Å²) in [6, 6.07) is 11.5. The number of ether oxygens (including phenoxy) is 2. The summed E-state index contributed by atoms with van der Waals surface area (Å²) in [7, 11) is 4.74. The molecule has 0 heterocycles. The number of nitrogens with one attached hydrogen (secondary N) is 2. The van der Waals surface area contributed by atoms with Crippen molar-refractivity contribution in [3.05, 3.63) is 47.5 Å². The minimum Gasteiger partial charge on any atom is -0.495 e. The van der Waals surface area contributed by atoms with Gasteiger partial charge in [0.25, 0.3) is 0 Å². The van der Waals surface area contributed by atoms with Gasteiger partial charge in [-0.3, -0.25) is 14.5 Å². The first-order valence-corrected chi connectivity index (χ1v) is 9.01. The topological polar surface area (TPSA) is 79.9 Å². The van der Waals surface area contributed by atoms with Crippen LogP contribution in [-0.4, -0.2) is 50.6 Å². The SMILES string of the molecule is COc1ccc(Cl)cc1NC(=O)CN(C)[C@H](C)C(=O)Nc1ccccc1OC. The molecule has 28 heavy (non-hydrogen) atoms. The van der Waals surface area contributed by atoms with Gasteiger partial charge in [0.15, 0.2) is 0 Å². The lowest BCUT2D eigenvalue weighted by Crippen LogP contribution is -2.43. The number of hydrogen-bond donors (Lipinski definition) is 2. The summed E-state index contributed by atoms with van der Waals surface area (Å²) in [6.07, 6.45) is 0. The number of carbonyl (C=O) groups is 2. The number of likely N-dealkylation sites (N-methyl/N-ethyl adjacent to an activating group) is 1. The maximum atomic E-state index is 12.5. The zero-order valence-corrected chi connectivity index (χ0v) is 17.0. The molecule has 2 aromatic rings. The molecule has 0 aliphatic carbocycles. The fourth-order valence-electron chi connectivity index (χ4n) is 2.52. The average molecular weight is 406 g/mol. The highest BCUT2D eigenvalue weighted by Crippen LogP contribution is 2.27. The highest BCUT2D eigenvalue weighted by atomic mass is 35.5. The zero-order chi connectivity index (χ0) is 20.7. The van der Waals surface area contributed by atoms with Crippen LogP contribution in [0.1, 0.15) is 6.92 Å². The lowest BCUT2D eigenvalue weighted by atomic mass is 10.2. The molecular formula is C20H24ClN3O4. The van der Waals surface area contributed by atoms with Gasteiger partial charge in [-0.15, -0.1) is 0 Å². The molecule has 0 radical (unpaired) electrons. The number of carbonyl (C=O) groups excluding carboxylic acids is 2. The molecule has 2 N–H and O–H groups in total. The van der Waals surface area contributed by atoms with Gasteiger partial charge in [-0.2, -0.15) is 0 Å². The van der Waals surface area contributed by atoms with Crippen LogP contribution >= 0.6 is 11.6 Å². The quantitative estimate of drug-likeness (QED) is 0.704. The number of halogens is 1. The van der Waals surface area contributed by atoms with Crippen molar-refractivity contribution in [2.24, 2.45) is 0 Å². The first-order chi connectivity index (χ1) is 13.3. The number of methoxy groups -OCH3 is 2. The second-order valence-electron chi connectivity index (χ2n) is 6.17. The standard InChI is InChI=1S/C20H24ClN3O4/c1-13(20(26)23-15-7-5-6-8-17(15)27-3)24(2)12-19(25)22-16-11-14(21)9-10-18(16)28-4/h5-11,13H,12H2,1-4H3,(H,22,25)(H,23,26)/t13-/m1/s1. The normalized spacial score (nSPS) is 11.6. The molecule has 150 valence electrons. The van der Waals surface area contributed by atoms with Crippen molar-refractivity contribution in [2.45, 2.75) is 13.0 Å². The average Bonchev–Trinajstić information content (AvgIpc) is 2.67. The van der Waals surface area contributed by atoms with Crippen molar-refractivity contribution in [1.82, 2.24) is 4.90 Å². The molecule has 0 aliphatic heterocycles. The summed E-state index contributed by atoms with van der Waals surface area (Å²) in [5.41, 5.74) is 1.04. The molecule has 0 bridgehead atoms. The van der Waals surface area contributed by atoms with Crippen LogP contribution in [0.4, 0.5) is 11.4 Å². The summed E-state index contributed by atoms with van der Waals surface area (Å²) in [5, 5.41) is 6.05. The van der Waals surface area contributed by atoms with Crippen LogP contribution in [0.2, 0.25) is 5.02 Å². The van der Waals surface area contributed by atoms with Crippen LogP contribution in [0, 0.1) is 0 Å². The molecule has 0 saturated carbocycles. The molecule has 8 heteroatoms. The Bertz CT molecular complexity index is 844. The molecule has 0 unspecified atom stereocenters. The molecule has 0 aromatic heterocycles. The van der Waals surface area contributed by atoms with Gasteiger partial charge in [-0.1, -0.05) is 23.7 Å². The van der Waals surface area contributed by atoms with Crippen LogP contribution in [0.15, 0.2) is 42.5 Å². The lowest BCUT2D eigenvalue weighted by Gasteiger charge is -2.24. The third-order valence-corrected chi connectivity index (χ3v) is 4.47. The van der Waals surface area contributed by atoms with Gasteiger partial charge in [-0.25, -0.2) is 0 Å². The Balaban J connectivity index is 1.97. The number of anilines is 2. The number of nitrogens with zero attached hydrogens (tertiary/aromatic N) is 1. The first-order valence-electron chi connectivity index (χ1n) is 8.63. The van der Waals surface area contributed by atoms with E-state index in [9.17, 15) is 9.59 Å². The van der Waals surface area contributed by atoms with Crippen molar-refractivity contribution in [1.29, 1.82) is 0 Å². The van der Waals surface area contributed by atoms with E-state index in [-0.39, 0.29) is 18.4 Å². The Morgan fingerprint density at radius 2 is 1.68 bits per heavy atom. The van der Waals surface area contributed by atoms with E-state index in [0.29, 0.717) is 27.9 Å². The largest absolute Gasteiger partial charge is 0.495 e. The van der Waals surface area contributed by atoms with E-state index < -0.39 is 6.04 Å². The van der Waals surface area contributed by atoms with E-state index in [2.05, 4.69) is 10.6 Å². The van der Waals surface area contributed by atoms with E-state index >= 15 is 0 Å². The monoisotopic (exact) mass is 405 g/mol. The number of amides is 2. The molecule has 0 saturated heterocycles. The molecule has 0 fully saturated rings. The fraction of sp³-hybridized carbons (Fsp3) is 0.300. The Kier molecular flexibility index (Phi) is 7.66. The maximum absolute atomic E-state index is 12.5. The number of benzene rings is 2. The van der Waals surface area contributed by atoms with Gasteiger partial charge >= 0.3 is 0 Å². The molecular weight excluding hydrogens is 382 g/mol. The Morgan fingerprint density at radius 1 is 1.04 bits per heavy atom. The van der Waals surface area contributed by atoms with Crippen LogP contribution in [-0.2, 0) is 9.59 Å². The molecule has 2 rings (SSSR count). The van der Waals surface area contributed by atoms with Gasteiger partial charge in [0.1, 0.15) is 11.5 Å². The fourth-order valence-corrected chi connectivity index (χ4v) is 2.69. The summed E-state index contributed by atoms with van der Waals surface area (Å²) in [6.45, 7) is 1.73. The predicted octanol–water partition coefficient (Wildman–Crippen LogP) is 3.25. The van der Waals surface area contributed by atoms with E-state index in [1.165, 1.54) is 14.2 Å². The number of rotatable bonds is 8. The van der Waals surface area contributed by atoms with Gasteiger partial charge < -0.3 is 20.1 Å². The second-order valence-corrected chi connectivity index (χ2v) is 6.61. The third-order valence-electron chi connectivity index (χ3n) is 4.23. The van der Waals surface area contributed by atoms with Crippen molar-refractivity contribution in [3.63, 3.8) is 0 Å². The summed E-state index contributed by atoms with van der Waals surface area (Å²) >= 11 is 5.98. The van der Waals surface area contributed by atoms with E-state index in [1.54, 1.807) is 55.3 Å². The first kappa shape index (κ1) is 21.5. The smallest absolute Gasteiger partial charge is 0.241 e. The van der Waals surface area contributed by atoms with Crippen molar-refractivity contribution in [2.75, 3.05) is 38.4 Å². The Hall–Kier alpha value is -2.77. The lowest BCUT2D eigenvalue weighted by molar-refractivity contribution is -0.122. The molecule has 2 aromatic carbocycles. The minimum absolute atomic E-state index is 0.0101. The second kappa shape index (κ2) is 9.96. The Morgan fingerprint density at radius 3 is 2.36 bits per heavy atom. The predicted molar refractivity (Wildman–Crippen MR) is 110 cm³/mol. The van der Waals surface area contributed by atoms with Gasteiger partial charge in [0.05, 0.1) is 38.2 Å². The summed E-state index contributed by atoms with van der Waals surface area (Å²) < 4.78 is 10.5. The molecule has 2 amide bonds. The van der Waals surface area contributed by atoms with E-state index in [4.69, 9.17) is 21.1 Å². The number of para-hydroxylation sites is 2. The molecule has 1 atom stereocenters. The van der Waals surface area contributed by atoms with Gasteiger partial charge in [-0.05, 0) is 44.3 Å². The van der Waals surface area contributed by atoms with E-state index in [1.807, 2.05) is 6.07 Å². The minimum atomic E-state index is -0.545. The summed E-state index contributed by atoms with van der Waals surface area (Å²) in [4.78, 5) is 26.6. The highest BCUT2D eigenvalue weighted by Gasteiger charge is 2.21. The van der Waals surface area contributed by atoms with Gasteiger partial charge in [0.2, 0.25) is 11.8 Å². The van der Waals surface area contributed by atoms with Crippen molar-refractivity contribution in [3.8, 4) is 11.5 Å².